The van der Waals surface area contributed by atoms with Gasteiger partial charge in [0.05, 0.1) is 35.5 Å². The van der Waals surface area contributed by atoms with Crippen LogP contribution in [-0.2, 0) is 10.2 Å². The zero-order valence-corrected chi connectivity index (χ0v) is 20.7. The normalized spacial score (nSPS) is 18.5. The maximum absolute atomic E-state index is 14.6. The zero-order chi connectivity index (χ0) is 25.8. The molecule has 4 heterocycles. The van der Waals surface area contributed by atoms with E-state index in [4.69, 9.17) is 11.6 Å². The van der Waals surface area contributed by atoms with E-state index in [1.807, 2.05) is 0 Å². The topological polar surface area (TPSA) is 84.2 Å². The fourth-order valence-corrected chi connectivity index (χ4v) is 5.29. The molecule has 0 amide bonds. The molecule has 1 fully saturated rings. The molecule has 188 valence electrons. The minimum atomic E-state index is -3.86. The Labute approximate surface area is 210 Å². The number of rotatable bonds is 5. The van der Waals surface area contributed by atoms with Gasteiger partial charge in [0.1, 0.15) is 29.1 Å². The number of benzene rings is 1. The molecular weight excluding hydrogens is 517 g/mol. The lowest BCUT2D eigenvalue weighted by atomic mass is 10.0. The van der Waals surface area contributed by atoms with E-state index >= 15 is 0 Å². The molecule has 0 bridgehead atoms. The van der Waals surface area contributed by atoms with Crippen molar-refractivity contribution in [2.45, 2.75) is 18.6 Å². The molecule has 1 aromatic carbocycles. The minimum Gasteiger partial charge on any atom is -0.346 e. The molecule has 1 aliphatic rings. The first-order chi connectivity index (χ1) is 17.1. The molecule has 1 aliphatic heterocycles. The Balaban J connectivity index is 1.63. The Morgan fingerprint density at radius 3 is 2.67 bits per heavy atom. The van der Waals surface area contributed by atoms with Crippen molar-refractivity contribution in [1.29, 1.82) is 0 Å². The fraction of sp³-hybridized carbons (Fsp3) is 0.261. The Morgan fingerprint density at radius 1 is 1.14 bits per heavy atom. The number of hydrogen-bond acceptors (Lipinski definition) is 6. The van der Waals surface area contributed by atoms with Gasteiger partial charge < -0.3 is 4.90 Å². The van der Waals surface area contributed by atoms with E-state index in [0.717, 1.165) is 26.6 Å². The summed E-state index contributed by atoms with van der Waals surface area (Å²) in [6, 6.07) is 5.59. The number of aromatic nitrogens is 4. The van der Waals surface area contributed by atoms with Gasteiger partial charge in [-0.3, -0.25) is 4.98 Å². The number of alkyl halides is 1. The van der Waals surface area contributed by atoms with Crippen LogP contribution in [0.15, 0.2) is 48.9 Å². The summed E-state index contributed by atoms with van der Waals surface area (Å²) in [5, 5.41) is 4.16. The first-order valence-electron chi connectivity index (χ1n) is 10.8. The average Bonchev–Trinajstić information content (AvgIpc) is 3.47. The third-order valence-electron chi connectivity index (χ3n) is 6.06. The summed E-state index contributed by atoms with van der Waals surface area (Å²) in [7, 11) is -1.10. The van der Waals surface area contributed by atoms with Crippen molar-refractivity contribution in [3.8, 4) is 11.1 Å². The molecule has 0 aliphatic carbocycles. The van der Waals surface area contributed by atoms with Crippen molar-refractivity contribution in [2.75, 3.05) is 25.5 Å². The molecule has 2 atom stereocenters. The Hall–Kier alpha value is -3.22. The number of halogens is 4. The molecular formula is C23H20ClF3N6O2S. The van der Waals surface area contributed by atoms with Crippen molar-refractivity contribution in [1.82, 2.24) is 23.5 Å². The van der Waals surface area contributed by atoms with Gasteiger partial charge in [-0.05, 0) is 30.3 Å². The third kappa shape index (κ3) is 4.18. The second-order valence-corrected chi connectivity index (χ2v) is 11.0. The molecule has 0 N–H and O–H groups in total. The van der Waals surface area contributed by atoms with Gasteiger partial charge in [-0.25, -0.2) is 18.2 Å². The van der Waals surface area contributed by atoms with Crippen LogP contribution in [0.4, 0.5) is 19.0 Å². The highest BCUT2D eigenvalue weighted by molar-refractivity contribution is 7.87. The first kappa shape index (κ1) is 24.5. The summed E-state index contributed by atoms with van der Waals surface area (Å²) >= 11 is 6.46. The summed E-state index contributed by atoms with van der Waals surface area (Å²) in [6.45, 7) is -0.0680. The summed E-state index contributed by atoms with van der Waals surface area (Å²) in [5.74, 6) is -0.945. The van der Waals surface area contributed by atoms with E-state index in [1.54, 1.807) is 17.0 Å². The monoisotopic (exact) mass is 536 g/mol. The number of pyridine rings is 2. The molecule has 1 saturated heterocycles. The lowest BCUT2D eigenvalue weighted by Gasteiger charge is -2.26. The van der Waals surface area contributed by atoms with Crippen LogP contribution in [0, 0.1) is 11.6 Å². The van der Waals surface area contributed by atoms with Crippen molar-refractivity contribution in [3.05, 3.63) is 71.1 Å². The first-order valence-corrected chi connectivity index (χ1v) is 12.6. The summed E-state index contributed by atoms with van der Waals surface area (Å²) in [5.41, 5.74) is 1.57. The highest BCUT2D eigenvalue weighted by Gasteiger charge is 2.36. The van der Waals surface area contributed by atoms with E-state index in [1.165, 1.54) is 32.7 Å². The molecule has 0 unspecified atom stereocenters. The van der Waals surface area contributed by atoms with E-state index < -0.39 is 34.1 Å². The van der Waals surface area contributed by atoms with Crippen LogP contribution in [0.3, 0.4) is 0 Å². The standard InChI is InChI=1S/C23H20ClF3N6O2S/c1-31(2)36(34,35)33-11-13(9-29-33)22-17(24)10-28-19-5-6-21(30-23(19)22)32-12-15(26)8-20(32)16-7-14(25)3-4-18(16)27/h3-7,9-11,15,20H,8,12H2,1-2H3/t15-,20+/m0/s1. The van der Waals surface area contributed by atoms with Gasteiger partial charge in [0.2, 0.25) is 0 Å². The Bertz CT molecular complexity index is 1580. The van der Waals surface area contributed by atoms with Crippen LogP contribution >= 0.6 is 11.6 Å². The number of nitrogens with zero attached hydrogens (tertiary/aromatic N) is 6. The predicted molar refractivity (Wildman–Crippen MR) is 130 cm³/mol. The molecule has 0 spiro atoms. The van der Waals surface area contributed by atoms with Crippen molar-refractivity contribution in [3.63, 3.8) is 0 Å². The van der Waals surface area contributed by atoms with E-state index in [-0.39, 0.29) is 23.6 Å². The highest BCUT2D eigenvalue weighted by atomic mass is 35.5. The third-order valence-corrected chi connectivity index (χ3v) is 7.94. The predicted octanol–water partition coefficient (Wildman–Crippen LogP) is 4.37. The molecule has 5 rings (SSSR count). The van der Waals surface area contributed by atoms with Gasteiger partial charge >= 0.3 is 10.2 Å². The van der Waals surface area contributed by atoms with Gasteiger partial charge in [-0.15, -0.1) is 0 Å². The molecule has 0 radical (unpaired) electrons. The molecule has 8 nitrogen and oxygen atoms in total. The van der Waals surface area contributed by atoms with Crippen LogP contribution in [0.2, 0.25) is 5.02 Å². The summed E-state index contributed by atoms with van der Waals surface area (Å²) < 4.78 is 69.8. The zero-order valence-electron chi connectivity index (χ0n) is 19.1. The lowest BCUT2D eigenvalue weighted by molar-refractivity contribution is 0.355. The highest BCUT2D eigenvalue weighted by Crippen LogP contribution is 2.40. The quantitative estimate of drug-likeness (QED) is 0.377. The largest absolute Gasteiger partial charge is 0.346 e. The lowest BCUT2D eigenvalue weighted by Crippen LogP contribution is -2.29. The number of fused-ring (bicyclic) bond motifs is 1. The van der Waals surface area contributed by atoms with Crippen LogP contribution < -0.4 is 4.90 Å². The van der Waals surface area contributed by atoms with E-state index in [9.17, 15) is 21.6 Å². The SMILES string of the molecule is CN(C)S(=O)(=O)n1cc(-c2c(Cl)cnc3ccc(N4C[C@@H](F)C[C@@H]4c4cc(F)ccc4F)nc23)cn1. The summed E-state index contributed by atoms with van der Waals surface area (Å²) in [6.07, 6.45) is 2.76. The molecule has 36 heavy (non-hydrogen) atoms. The van der Waals surface area contributed by atoms with E-state index in [0.29, 0.717) is 28.0 Å². The fourth-order valence-electron chi connectivity index (χ4n) is 4.30. The smallest absolute Gasteiger partial charge is 0.322 e. The molecule has 3 aromatic heterocycles. The van der Waals surface area contributed by atoms with Crippen LogP contribution in [0.5, 0.6) is 0 Å². The Morgan fingerprint density at radius 2 is 1.92 bits per heavy atom. The van der Waals surface area contributed by atoms with Crippen LogP contribution in [0.25, 0.3) is 22.2 Å². The Kier molecular flexibility index (Phi) is 6.13. The van der Waals surface area contributed by atoms with Gasteiger partial charge in [0.15, 0.2) is 0 Å². The second kappa shape index (κ2) is 9.02. The van der Waals surface area contributed by atoms with E-state index in [2.05, 4.69) is 15.1 Å². The van der Waals surface area contributed by atoms with Gasteiger partial charge in [0, 0.05) is 43.4 Å². The molecule has 4 aromatic rings. The minimum absolute atomic E-state index is 0.0318. The maximum atomic E-state index is 14.6. The number of anilines is 1. The molecule has 0 saturated carbocycles. The van der Waals surface area contributed by atoms with Gasteiger partial charge in [0.25, 0.3) is 0 Å². The average molecular weight is 537 g/mol. The van der Waals surface area contributed by atoms with Gasteiger partial charge in [-0.2, -0.15) is 21.9 Å². The summed E-state index contributed by atoms with van der Waals surface area (Å²) in [4.78, 5) is 10.5. The van der Waals surface area contributed by atoms with Crippen LogP contribution in [-0.4, -0.2) is 58.7 Å². The van der Waals surface area contributed by atoms with Gasteiger partial charge in [-0.1, -0.05) is 11.6 Å². The second-order valence-electron chi connectivity index (χ2n) is 8.58. The maximum Gasteiger partial charge on any atom is 0.322 e. The van der Waals surface area contributed by atoms with Crippen molar-refractivity contribution in [2.24, 2.45) is 0 Å². The van der Waals surface area contributed by atoms with Crippen molar-refractivity contribution < 1.29 is 21.6 Å². The van der Waals surface area contributed by atoms with Crippen LogP contribution in [0.1, 0.15) is 18.0 Å². The number of hydrogen-bond donors (Lipinski definition) is 0. The molecule has 13 heteroatoms. The van der Waals surface area contributed by atoms with Crippen molar-refractivity contribution >= 4 is 38.7 Å².